The summed E-state index contributed by atoms with van der Waals surface area (Å²) in [4.78, 5) is 44.6. The summed E-state index contributed by atoms with van der Waals surface area (Å²) in [7, 11) is 1.65. The summed E-state index contributed by atoms with van der Waals surface area (Å²) < 4.78 is 5.21. The van der Waals surface area contributed by atoms with Crippen LogP contribution in [0, 0.1) is 0 Å². The molecule has 1 unspecified atom stereocenters. The van der Waals surface area contributed by atoms with Crippen LogP contribution in [0.1, 0.15) is 23.7 Å². The van der Waals surface area contributed by atoms with E-state index in [4.69, 9.17) is 4.74 Å². The van der Waals surface area contributed by atoms with Crippen LogP contribution >= 0.6 is 0 Å². The predicted molar refractivity (Wildman–Crippen MR) is 126 cm³/mol. The summed E-state index contributed by atoms with van der Waals surface area (Å²) in [5.41, 5.74) is 2.27. The molecule has 2 aliphatic rings. The number of Topliss-reactive ketones (excluding diaryl/α,β-unsaturated/α-hetero) is 1. The molecule has 172 valence electrons. The van der Waals surface area contributed by atoms with E-state index in [1.165, 1.54) is 6.92 Å². The molecule has 9 nitrogen and oxygen atoms in total. The molecule has 2 aliphatic heterocycles. The molecule has 0 aromatic heterocycles. The van der Waals surface area contributed by atoms with Crippen LogP contribution in [0.5, 0.6) is 5.75 Å². The van der Waals surface area contributed by atoms with Crippen molar-refractivity contribution < 1.29 is 19.1 Å². The molecule has 2 N–H and O–H groups in total. The van der Waals surface area contributed by atoms with E-state index >= 15 is 0 Å². The van der Waals surface area contributed by atoms with Crippen molar-refractivity contribution >= 4 is 34.9 Å². The van der Waals surface area contributed by atoms with E-state index in [0.717, 1.165) is 24.5 Å². The minimum atomic E-state index is -0.684. The number of piperazine rings is 1. The molecule has 2 aromatic rings. The Morgan fingerprint density at radius 2 is 1.67 bits per heavy atom. The molecule has 1 fully saturated rings. The van der Waals surface area contributed by atoms with Gasteiger partial charge in [0.05, 0.1) is 13.5 Å². The summed E-state index contributed by atoms with van der Waals surface area (Å²) in [5, 5.41) is 5.87. The lowest BCUT2D eigenvalue weighted by Gasteiger charge is -2.37. The summed E-state index contributed by atoms with van der Waals surface area (Å²) in [6, 6.07) is 13.9. The first-order valence-electron chi connectivity index (χ1n) is 10.9. The number of benzene rings is 2. The second-order valence-corrected chi connectivity index (χ2v) is 8.03. The van der Waals surface area contributed by atoms with E-state index < -0.39 is 6.04 Å². The highest BCUT2D eigenvalue weighted by Gasteiger charge is 2.32. The molecule has 2 heterocycles. The number of carbonyl (C=O) groups is 3. The number of carbonyl (C=O) groups excluding carboxylic acids is 3. The number of nitrogens with zero attached hydrogens (tertiary/aromatic N) is 3. The van der Waals surface area contributed by atoms with Gasteiger partial charge < -0.3 is 25.2 Å². The number of hydrogen-bond donors (Lipinski definition) is 2. The van der Waals surface area contributed by atoms with Crippen LogP contribution in [0.4, 0.5) is 11.4 Å². The van der Waals surface area contributed by atoms with Crippen LogP contribution in [-0.4, -0.2) is 67.8 Å². The fourth-order valence-corrected chi connectivity index (χ4v) is 3.89. The molecule has 1 atom stereocenters. The highest BCUT2D eigenvalue weighted by molar-refractivity contribution is 6.06. The van der Waals surface area contributed by atoms with Crippen LogP contribution in [-0.2, 0) is 9.59 Å². The van der Waals surface area contributed by atoms with Gasteiger partial charge in [0, 0.05) is 43.1 Å². The number of aliphatic imine (C=N–C) groups is 1. The molecule has 1 saturated heterocycles. The average Bonchev–Trinajstić information content (AvgIpc) is 3.19. The standard InChI is InChI=1S/C24H27N5O4/c1-16(30)17-3-5-18(6-4-17)25-22(31)15-21-23(32)27-24(26-21)29-13-11-28(12-14-29)19-7-9-20(33-2)10-8-19/h3-10,21H,11-15H2,1-2H3,(H,25,31)(H,26,27,32). The number of ether oxygens (including phenoxy) is 1. The van der Waals surface area contributed by atoms with E-state index in [0.29, 0.717) is 30.3 Å². The highest BCUT2D eigenvalue weighted by atomic mass is 16.5. The Labute approximate surface area is 192 Å². The number of methoxy groups -OCH3 is 1. The normalized spacial score (nSPS) is 17.9. The number of nitrogens with one attached hydrogen (secondary N) is 2. The number of guanidine groups is 1. The largest absolute Gasteiger partial charge is 0.497 e. The van der Waals surface area contributed by atoms with E-state index in [-0.39, 0.29) is 24.0 Å². The first kappa shape index (κ1) is 22.3. The SMILES string of the molecule is COc1ccc(N2CCN(C3=NC(=O)C(CC(=O)Nc4ccc(C(C)=O)cc4)N3)CC2)cc1. The topological polar surface area (TPSA) is 103 Å². The van der Waals surface area contributed by atoms with Crippen molar-refractivity contribution in [3.8, 4) is 5.75 Å². The smallest absolute Gasteiger partial charge is 0.271 e. The number of rotatable bonds is 6. The van der Waals surface area contributed by atoms with E-state index in [9.17, 15) is 14.4 Å². The minimum Gasteiger partial charge on any atom is -0.497 e. The first-order valence-corrected chi connectivity index (χ1v) is 10.9. The fraction of sp³-hybridized carbons (Fsp3) is 0.333. The van der Waals surface area contributed by atoms with Gasteiger partial charge >= 0.3 is 0 Å². The van der Waals surface area contributed by atoms with Crippen LogP contribution in [0.25, 0.3) is 0 Å². The lowest BCUT2D eigenvalue weighted by molar-refractivity contribution is -0.123. The maximum atomic E-state index is 12.4. The maximum Gasteiger partial charge on any atom is 0.271 e. The lowest BCUT2D eigenvalue weighted by Crippen LogP contribution is -2.52. The number of anilines is 2. The molecular weight excluding hydrogens is 422 g/mol. The number of amides is 2. The average molecular weight is 450 g/mol. The van der Waals surface area contributed by atoms with Gasteiger partial charge in [-0.3, -0.25) is 14.4 Å². The molecule has 0 spiro atoms. The molecule has 0 bridgehead atoms. The third-order valence-corrected chi connectivity index (χ3v) is 5.80. The Morgan fingerprint density at radius 1 is 1.03 bits per heavy atom. The van der Waals surface area contributed by atoms with Crippen molar-refractivity contribution in [2.24, 2.45) is 4.99 Å². The molecule has 0 aliphatic carbocycles. The Balaban J connectivity index is 1.27. The lowest BCUT2D eigenvalue weighted by atomic mass is 10.1. The van der Waals surface area contributed by atoms with Crippen molar-refractivity contribution in [1.82, 2.24) is 10.2 Å². The summed E-state index contributed by atoms with van der Waals surface area (Å²) in [6.07, 6.45) is -0.0217. The van der Waals surface area contributed by atoms with Crippen LogP contribution in [0.2, 0.25) is 0 Å². The third-order valence-electron chi connectivity index (χ3n) is 5.80. The quantitative estimate of drug-likeness (QED) is 0.650. The van der Waals surface area contributed by atoms with Gasteiger partial charge in [0.2, 0.25) is 11.9 Å². The van der Waals surface area contributed by atoms with Gasteiger partial charge in [0.1, 0.15) is 11.8 Å². The van der Waals surface area contributed by atoms with Crippen molar-refractivity contribution in [3.63, 3.8) is 0 Å². The molecule has 9 heteroatoms. The van der Waals surface area contributed by atoms with Crippen molar-refractivity contribution in [2.75, 3.05) is 43.5 Å². The van der Waals surface area contributed by atoms with Crippen LogP contribution in [0.15, 0.2) is 53.5 Å². The summed E-state index contributed by atoms with van der Waals surface area (Å²) in [6.45, 7) is 4.51. The van der Waals surface area contributed by atoms with Crippen LogP contribution in [0.3, 0.4) is 0 Å². The Bertz CT molecular complexity index is 1060. The van der Waals surface area contributed by atoms with Crippen molar-refractivity contribution in [2.45, 2.75) is 19.4 Å². The second kappa shape index (κ2) is 9.72. The second-order valence-electron chi connectivity index (χ2n) is 8.03. The minimum absolute atomic E-state index is 0.0217. The Morgan fingerprint density at radius 3 is 2.27 bits per heavy atom. The molecular formula is C24H27N5O4. The highest BCUT2D eigenvalue weighted by Crippen LogP contribution is 2.21. The van der Waals surface area contributed by atoms with Crippen LogP contribution < -0.4 is 20.3 Å². The summed E-state index contributed by atoms with van der Waals surface area (Å²) >= 11 is 0. The molecule has 2 aromatic carbocycles. The van der Waals surface area contributed by atoms with E-state index in [2.05, 4.69) is 20.5 Å². The van der Waals surface area contributed by atoms with Crippen molar-refractivity contribution in [3.05, 3.63) is 54.1 Å². The fourth-order valence-electron chi connectivity index (χ4n) is 3.89. The summed E-state index contributed by atoms with van der Waals surface area (Å²) in [5.74, 6) is 0.673. The van der Waals surface area contributed by atoms with E-state index in [1.54, 1.807) is 31.4 Å². The number of hydrogen-bond acceptors (Lipinski definition) is 7. The first-order chi connectivity index (χ1) is 15.9. The zero-order valence-corrected chi connectivity index (χ0v) is 18.7. The monoisotopic (exact) mass is 449 g/mol. The van der Waals surface area contributed by atoms with E-state index in [1.807, 2.05) is 29.2 Å². The van der Waals surface area contributed by atoms with Gasteiger partial charge in [-0.2, -0.15) is 4.99 Å². The Hall–Kier alpha value is -3.88. The van der Waals surface area contributed by atoms with Gasteiger partial charge in [-0.15, -0.1) is 0 Å². The zero-order valence-electron chi connectivity index (χ0n) is 18.7. The van der Waals surface area contributed by atoms with Gasteiger partial charge in [-0.25, -0.2) is 0 Å². The van der Waals surface area contributed by atoms with Gasteiger partial charge in [-0.05, 0) is 55.5 Å². The molecule has 4 rings (SSSR count). The third kappa shape index (κ3) is 5.31. The predicted octanol–water partition coefficient (Wildman–Crippen LogP) is 1.90. The number of ketones is 1. The molecule has 0 radical (unpaired) electrons. The van der Waals surface area contributed by atoms with Crippen molar-refractivity contribution in [1.29, 1.82) is 0 Å². The molecule has 2 amide bonds. The van der Waals surface area contributed by atoms with Gasteiger partial charge in [0.15, 0.2) is 5.78 Å². The maximum absolute atomic E-state index is 12.4. The molecule has 33 heavy (non-hydrogen) atoms. The van der Waals surface area contributed by atoms with Gasteiger partial charge in [-0.1, -0.05) is 0 Å². The van der Waals surface area contributed by atoms with Gasteiger partial charge in [0.25, 0.3) is 5.91 Å². The zero-order chi connectivity index (χ0) is 23.4. The molecule has 0 saturated carbocycles. The Kier molecular flexibility index (Phi) is 6.58.